The molecular formula is C20H17FO. The van der Waals surface area contributed by atoms with Crippen molar-refractivity contribution in [1.29, 1.82) is 0 Å². The molecule has 0 bridgehead atoms. The largest absolute Gasteiger partial charge is 0.299 e. The van der Waals surface area contributed by atoms with E-state index in [1.165, 1.54) is 11.5 Å². The summed E-state index contributed by atoms with van der Waals surface area (Å²) in [4.78, 5) is 12.1. The predicted octanol–water partition coefficient (Wildman–Crippen LogP) is 4.72. The van der Waals surface area contributed by atoms with Crippen molar-refractivity contribution < 1.29 is 9.18 Å². The Bertz CT molecular complexity index is 807. The first-order valence-corrected chi connectivity index (χ1v) is 7.45. The second-order valence-corrected chi connectivity index (χ2v) is 5.49. The van der Waals surface area contributed by atoms with Crippen molar-refractivity contribution in [2.45, 2.75) is 19.3 Å². The lowest BCUT2D eigenvalue weighted by molar-refractivity contribution is -0.118. The van der Waals surface area contributed by atoms with Crippen LogP contribution in [-0.4, -0.2) is 5.78 Å². The number of benzene rings is 3. The highest BCUT2D eigenvalue weighted by Gasteiger charge is 2.07. The summed E-state index contributed by atoms with van der Waals surface area (Å²) in [6, 6.07) is 20.8. The molecule has 0 amide bonds. The van der Waals surface area contributed by atoms with E-state index >= 15 is 0 Å². The minimum absolute atomic E-state index is 0.138. The molecule has 0 aliphatic heterocycles. The predicted molar refractivity (Wildman–Crippen MR) is 87.4 cm³/mol. The maximum atomic E-state index is 13.5. The standard InChI is InChI=1S/C20H17FO/c21-20-8-4-3-6-17(20)11-12-19(22)14-15-9-10-16-5-1-2-7-18(16)13-15/h1-10,13H,11-12,14H2. The van der Waals surface area contributed by atoms with Gasteiger partial charge in [-0.1, -0.05) is 60.7 Å². The molecule has 2 heteroatoms. The first-order valence-electron chi connectivity index (χ1n) is 7.45. The third-order valence-corrected chi connectivity index (χ3v) is 3.85. The molecule has 3 aromatic carbocycles. The van der Waals surface area contributed by atoms with Crippen LogP contribution in [0.15, 0.2) is 66.7 Å². The lowest BCUT2D eigenvalue weighted by Crippen LogP contribution is -2.05. The molecule has 0 aliphatic carbocycles. The van der Waals surface area contributed by atoms with E-state index in [0.717, 1.165) is 10.9 Å². The number of rotatable bonds is 5. The number of hydrogen-bond acceptors (Lipinski definition) is 1. The van der Waals surface area contributed by atoms with Crippen LogP contribution in [0.1, 0.15) is 17.5 Å². The van der Waals surface area contributed by atoms with E-state index in [2.05, 4.69) is 12.1 Å². The van der Waals surface area contributed by atoms with Crippen molar-refractivity contribution in [1.82, 2.24) is 0 Å². The van der Waals surface area contributed by atoms with Crippen LogP contribution in [0.5, 0.6) is 0 Å². The van der Waals surface area contributed by atoms with E-state index < -0.39 is 0 Å². The summed E-state index contributed by atoms with van der Waals surface area (Å²) in [6.07, 6.45) is 1.23. The van der Waals surface area contributed by atoms with Gasteiger partial charge in [-0.25, -0.2) is 4.39 Å². The lowest BCUT2D eigenvalue weighted by atomic mass is 10.00. The van der Waals surface area contributed by atoms with Crippen LogP contribution in [0.3, 0.4) is 0 Å². The van der Waals surface area contributed by atoms with Gasteiger partial charge in [-0.2, -0.15) is 0 Å². The zero-order chi connectivity index (χ0) is 15.4. The zero-order valence-electron chi connectivity index (χ0n) is 12.3. The average Bonchev–Trinajstić information content (AvgIpc) is 2.54. The molecule has 22 heavy (non-hydrogen) atoms. The van der Waals surface area contributed by atoms with Crippen molar-refractivity contribution in [3.63, 3.8) is 0 Å². The molecule has 0 atom stereocenters. The van der Waals surface area contributed by atoms with Crippen LogP contribution in [0.25, 0.3) is 10.8 Å². The molecule has 3 rings (SSSR count). The second kappa shape index (κ2) is 6.52. The Labute approximate surface area is 129 Å². The van der Waals surface area contributed by atoms with E-state index in [0.29, 0.717) is 24.8 Å². The van der Waals surface area contributed by atoms with Crippen molar-refractivity contribution in [3.8, 4) is 0 Å². The number of ketones is 1. The fraction of sp³-hybridized carbons (Fsp3) is 0.150. The molecule has 0 radical (unpaired) electrons. The van der Waals surface area contributed by atoms with Gasteiger partial charge in [0.25, 0.3) is 0 Å². The molecule has 0 aromatic heterocycles. The van der Waals surface area contributed by atoms with Crippen LogP contribution in [0, 0.1) is 5.82 Å². The third kappa shape index (κ3) is 3.40. The van der Waals surface area contributed by atoms with Gasteiger partial charge in [-0.05, 0) is 34.4 Å². The van der Waals surface area contributed by atoms with Gasteiger partial charge in [0.05, 0.1) is 0 Å². The van der Waals surface area contributed by atoms with Gasteiger partial charge in [-0.15, -0.1) is 0 Å². The van der Waals surface area contributed by atoms with Crippen LogP contribution in [0.2, 0.25) is 0 Å². The summed E-state index contributed by atoms with van der Waals surface area (Å²) >= 11 is 0. The Balaban J connectivity index is 1.64. The van der Waals surface area contributed by atoms with Crippen molar-refractivity contribution >= 4 is 16.6 Å². The lowest BCUT2D eigenvalue weighted by Gasteiger charge is -2.05. The van der Waals surface area contributed by atoms with Gasteiger partial charge in [0.15, 0.2) is 0 Å². The Hall–Kier alpha value is -2.48. The highest BCUT2D eigenvalue weighted by Crippen LogP contribution is 2.17. The Morgan fingerprint density at radius 2 is 1.59 bits per heavy atom. The van der Waals surface area contributed by atoms with Gasteiger partial charge in [0.1, 0.15) is 11.6 Å². The number of Topliss-reactive ketones (excluding diaryl/α,β-unsaturated/α-hetero) is 1. The van der Waals surface area contributed by atoms with Crippen LogP contribution < -0.4 is 0 Å². The summed E-state index contributed by atoms with van der Waals surface area (Å²) in [7, 11) is 0. The summed E-state index contributed by atoms with van der Waals surface area (Å²) in [5, 5.41) is 2.31. The van der Waals surface area contributed by atoms with Gasteiger partial charge in [0, 0.05) is 12.8 Å². The van der Waals surface area contributed by atoms with Crippen molar-refractivity contribution in [2.24, 2.45) is 0 Å². The first kappa shape index (κ1) is 14.5. The molecule has 1 nitrogen and oxygen atoms in total. The number of halogens is 1. The maximum absolute atomic E-state index is 13.5. The van der Waals surface area contributed by atoms with E-state index in [1.54, 1.807) is 18.2 Å². The Kier molecular flexibility index (Phi) is 4.29. The number of fused-ring (bicyclic) bond motifs is 1. The van der Waals surface area contributed by atoms with Crippen molar-refractivity contribution in [3.05, 3.63) is 83.7 Å². The Morgan fingerprint density at radius 3 is 2.41 bits per heavy atom. The number of hydrogen-bond donors (Lipinski definition) is 0. The summed E-state index contributed by atoms with van der Waals surface area (Å²) < 4.78 is 13.5. The van der Waals surface area contributed by atoms with Crippen LogP contribution in [0.4, 0.5) is 4.39 Å². The van der Waals surface area contributed by atoms with Gasteiger partial charge < -0.3 is 0 Å². The monoisotopic (exact) mass is 292 g/mol. The molecule has 0 saturated heterocycles. The molecule has 0 aliphatic rings. The summed E-state index contributed by atoms with van der Waals surface area (Å²) in [5.41, 5.74) is 1.62. The average molecular weight is 292 g/mol. The minimum atomic E-state index is -0.235. The smallest absolute Gasteiger partial charge is 0.137 e. The maximum Gasteiger partial charge on any atom is 0.137 e. The minimum Gasteiger partial charge on any atom is -0.299 e. The van der Waals surface area contributed by atoms with E-state index in [4.69, 9.17) is 0 Å². The van der Waals surface area contributed by atoms with Crippen LogP contribution in [-0.2, 0) is 17.6 Å². The quantitative estimate of drug-likeness (QED) is 0.665. The highest BCUT2D eigenvalue weighted by molar-refractivity contribution is 5.86. The van der Waals surface area contributed by atoms with Gasteiger partial charge >= 0.3 is 0 Å². The van der Waals surface area contributed by atoms with Crippen molar-refractivity contribution in [2.75, 3.05) is 0 Å². The molecule has 0 heterocycles. The van der Waals surface area contributed by atoms with E-state index in [-0.39, 0.29) is 11.6 Å². The number of carbonyl (C=O) groups is 1. The Morgan fingerprint density at radius 1 is 0.864 bits per heavy atom. The number of carbonyl (C=O) groups excluding carboxylic acids is 1. The molecule has 0 N–H and O–H groups in total. The molecule has 110 valence electrons. The van der Waals surface area contributed by atoms with Gasteiger partial charge in [0.2, 0.25) is 0 Å². The topological polar surface area (TPSA) is 17.1 Å². The summed E-state index contributed by atoms with van der Waals surface area (Å²) in [5.74, 6) is -0.0976. The third-order valence-electron chi connectivity index (χ3n) is 3.85. The fourth-order valence-corrected chi connectivity index (χ4v) is 2.64. The second-order valence-electron chi connectivity index (χ2n) is 5.49. The molecule has 0 saturated carbocycles. The molecule has 3 aromatic rings. The highest BCUT2D eigenvalue weighted by atomic mass is 19.1. The molecular weight excluding hydrogens is 275 g/mol. The number of aryl methyl sites for hydroxylation is 1. The first-order chi connectivity index (χ1) is 10.7. The summed E-state index contributed by atoms with van der Waals surface area (Å²) in [6.45, 7) is 0. The van der Waals surface area contributed by atoms with E-state index in [1.807, 2.05) is 30.3 Å². The van der Waals surface area contributed by atoms with Crippen LogP contribution >= 0.6 is 0 Å². The van der Waals surface area contributed by atoms with Gasteiger partial charge in [-0.3, -0.25) is 4.79 Å². The van der Waals surface area contributed by atoms with E-state index in [9.17, 15) is 9.18 Å². The SMILES string of the molecule is O=C(CCc1ccccc1F)Cc1ccc2ccccc2c1. The molecule has 0 spiro atoms. The normalized spacial score (nSPS) is 10.8. The fourth-order valence-electron chi connectivity index (χ4n) is 2.64. The zero-order valence-corrected chi connectivity index (χ0v) is 12.3. The molecule has 0 unspecified atom stereocenters. The molecule has 0 fully saturated rings.